The standard InChI is InChI=1S/C19H21BrO3S/c1-14(13-24(22)17-11-7-4-8-12-17)18(20)19(23-15(2)21)16-9-5-3-6-10-16/h3-12,14,18-19H,13H2,1-2H3/t14-,18+,19-,24-/m1/s1/i22+2. The van der Waals surface area contributed by atoms with Gasteiger partial charge in [0.1, 0.15) is 6.10 Å². The van der Waals surface area contributed by atoms with Gasteiger partial charge in [0.2, 0.25) is 0 Å². The Bertz CT molecular complexity index is 676. The molecule has 0 spiro atoms. The van der Waals surface area contributed by atoms with Crippen LogP contribution in [0.2, 0.25) is 0 Å². The van der Waals surface area contributed by atoms with Crippen LogP contribution >= 0.6 is 15.9 Å². The maximum Gasteiger partial charge on any atom is 0.303 e. The molecular weight excluding hydrogens is 390 g/mol. The van der Waals surface area contributed by atoms with E-state index >= 15 is 0 Å². The van der Waals surface area contributed by atoms with Gasteiger partial charge in [-0.05, 0) is 23.6 Å². The summed E-state index contributed by atoms with van der Waals surface area (Å²) in [5, 5.41) is 0. The van der Waals surface area contributed by atoms with Crippen LogP contribution in [0.5, 0.6) is 0 Å². The maximum absolute atomic E-state index is 12.5. The Labute approximate surface area is 154 Å². The van der Waals surface area contributed by atoms with Gasteiger partial charge in [-0.2, -0.15) is 0 Å². The summed E-state index contributed by atoms with van der Waals surface area (Å²) < 4.78 is 18.0. The van der Waals surface area contributed by atoms with E-state index in [4.69, 9.17) is 4.74 Å². The molecule has 5 heteroatoms. The van der Waals surface area contributed by atoms with Crippen molar-refractivity contribution in [3.8, 4) is 0 Å². The molecule has 0 amide bonds. The SMILES string of the molecule is CC(=O)O[C@H](c1ccccc1)[C@@H](Br)[C@H](C)C[S@@](=[18O])c1ccccc1. The minimum Gasteiger partial charge on any atom is -0.456 e. The Hall–Kier alpha value is -1.46. The van der Waals surface area contributed by atoms with E-state index in [9.17, 15) is 9.00 Å². The molecule has 3 nitrogen and oxygen atoms in total. The lowest BCUT2D eigenvalue weighted by atomic mass is 9.99. The van der Waals surface area contributed by atoms with E-state index in [0.717, 1.165) is 10.5 Å². The topological polar surface area (TPSA) is 43.4 Å². The number of ether oxygens (including phenoxy) is 1. The largest absolute Gasteiger partial charge is 0.456 e. The molecule has 0 heterocycles. The zero-order valence-electron chi connectivity index (χ0n) is 13.7. The smallest absolute Gasteiger partial charge is 0.303 e. The quantitative estimate of drug-likeness (QED) is 0.383. The fraction of sp³-hybridized carbons (Fsp3) is 0.316. The second-order valence-electron chi connectivity index (χ2n) is 5.69. The van der Waals surface area contributed by atoms with Gasteiger partial charge in [0.05, 0.1) is 15.6 Å². The predicted molar refractivity (Wildman–Crippen MR) is 101 cm³/mol. The van der Waals surface area contributed by atoms with Gasteiger partial charge >= 0.3 is 5.97 Å². The summed E-state index contributed by atoms with van der Waals surface area (Å²) in [6, 6.07) is 19.0. The van der Waals surface area contributed by atoms with E-state index in [2.05, 4.69) is 15.9 Å². The van der Waals surface area contributed by atoms with Crippen molar-refractivity contribution < 1.29 is 13.7 Å². The number of alkyl halides is 1. The van der Waals surface area contributed by atoms with Crippen molar-refractivity contribution in [2.75, 3.05) is 5.75 Å². The third-order valence-electron chi connectivity index (χ3n) is 3.67. The van der Waals surface area contributed by atoms with Gasteiger partial charge in [-0.15, -0.1) is 0 Å². The second-order valence-corrected chi connectivity index (χ2v) is 8.24. The molecule has 2 aromatic rings. The van der Waals surface area contributed by atoms with Gasteiger partial charge in [-0.1, -0.05) is 71.4 Å². The average molecular weight is 411 g/mol. The van der Waals surface area contributed by atoms with Crippen molar-refractivity contribution in [3.63, 3.8) is 0 Å². The monoisotopic (exact) mass is 410 g/mol. The van der Waals surface area contributed by atoms with Crippen molar-refractivity contribution >= 4 is 32.7 Å². The Morgan fingerprint density at radius 2 is 1.67 bits per heavy atom. The van der Waals surface area contributed by atoms with Crippen LogP contribution in [0.3, 0.4) is 0 Å². The fourth-order valence-corrected chi connectivity index (χ4v) is 4.62. The highest BCUT2D eigenvalue weighted by Gasteiger charge is 2.29. The van der Waals surface area contributed by atoms with Crippen molar-refractivity contribution in [1.29, 1.82) is 0 Å². The molecule has 0 radical (unpaired) electrons. The summed E-state index contributed by atoms with van der Waals surface area (Å²) in [5.41, 5.74) is 0.923. The van der Waals surface area contributed by atoms with Gasteiger partial charge in [0.25, 0.3) is 0 Å². The number of hydrogen-bond acceptors (Lipinski definition) is 3. The number of rotatable bonds is 7. The maximum atomic E-state index is 12.5. The highest BCUT2D eigenvalue weighted by Crippen LogP contribution is 2.32. The minimum atomic E-state index is -1.09. The first-order valence-electron chi connectivity index (χ1n) is 7.78. The molecule has 0 N–H and O–H groups in total. The molecule has 0 aliphatic heterocycles. The van der Waals surface area contributed by atoms with Crippen LogP contribution < -0.4 is 0 Å². The van der Waals surface area contributed by atoms with Crippen LogP contribution in [0, 0.1) is 5.92 Å². The highest BCUT2D eigenvalue weighted by molar-refractivity contribution is 9.09. The predicted octanol–water partition coefficient (Wildman–Crippen LogP) is 4.50. The van der Waals surface area contributed by atoms with E-state index in [1.807, 2.05) is 67.6 Å². The lowest BCUT2D eigenvalue weighted by Gasteiger charge is -2.27. The first kappa shape index (κ1) is 18.9. The molecule has 24 heavy (non-hydrogen) atoms. The molecule has 0 aromatic heterocycles. The zero-order chi connectivity index (χ0) is 17.5. The molecule has 128 valence electrons. The summed E-state index contributed by atoms with van der Waals surface area (Å²) in [6.45, 7) is 3.42. The second kappa shape index (κ2) is 9.14. The first-order valence-corrected chi connectivity index (χ1v) is 10.0. The van der Waals surface area contributed by atoms with E-state index < -0.39 is 16.9 Å². The van der Waals surface area contributed by atoms with Gasteiger partial charge in [-0.25, -0.2) is 0 Å². The Morgan fingerprint density at radius 1 is 1.12 bits per heavy atom. The highest BCUT2D eigenvalue weighted by atomic mass is 79.9. The molecule has 0 fully saturated rings. The summed E-state index contributed by atoms with van der Waals surface area (Å²) in [4.78, 5) is 12.2. The van der Waals surface area contributed by atoms with Crippen LogP contribution in [0.4, 0.5) is 0 Å². The summed E-state index contributed by atoms with van der Waals surface area (Å²) in [7, 11) is -1.09. The zero-order valence-corrected chi connectivity index (χ0v) is 16.1. The van der Waals surface area contributed by atoms with E-state index in [1.54, 1.807) is 0 Å². The number of carbonyl (C=O) groups is 1. The molecule has 0 aliphatic rings. The number of benzene rings is 2. The fourth-order valence-electron chi connectivity index (χ4n) is 2.44. The van der Waals surface area contributed by atoms with Crippen LogP contribution in [0.25, 0.3) is 0 Å². The molecule has 0 saturated carbocycles. The molecule has 2 rings (SSSR count). The molecule has 0 bridgehead atoms. The van der Waals surface area contributed by atoms with E-state index in [1.165, 1.54) is 6.92 Å². The molecule has 4 atom stereocenters. The minimum absolute atomic E-state index is 0.0515. The summed E-state index contributed by atoms with van der Waals surface area (Å²) >= 11 is 3.66. The lowest BCUT2D eigenvalue weighted by Crippen LogP contribution is -2.27. The van der Waals surface area contributed by atoms with E-state index in [-0.39, 0.29) is 16.7 Å². The molecule has 2 aromatic carbocycles. The van der Waals surface area contributed by atoms with Gasteiger partial charge < -0.3 is 4.74 Å². The summed E-state index contributed by atoms with van der Waals surface area (Å²) in [5.74, 6) is 0.213. The van der Waals surface area contributed by atoms with Gasteiger partial charge in [-0.3, -0.25) is 9.00 Å². The lowest BCUT2D eigenvalue weighted by molar-refractivity contribution is -0.147. The van der Waals surface area contributed by atoms with Crippen molar-refractivity contribution in [1.82, 2.24) is 0 Å². The Balaban J connectivity index is 2.12. The third-order valence-corrected chi connectivity index (χ3v) is 6.68. The van der Waals surface area contributed by atoms with Gasteiger partial charge in [0, 0.05) is 17.6 Å². The first-order chi connectivity index (χ1) is 11.5. The molecular formula is C19H21BrO3S. The average Bonchev–Trinajstić information content (AvgIpc) is 2.60. The number of esters is 1. The Kier molecular flexibility index (Phi) is 7.18. The number of hydrogen-bond donors (Lipinski definition) is 0. The summed E-state index contributed by atoms with van der Waals surface area (Å²) in [6.07, 6.45) is -0.411. The van der Waals surface area contributed by atoms with Crippen LogP contribution in [-0.4, -0.2) is 20.8 Å². The molecule has 0 saturated heterocycles. The van der Waals surface area contributed by atoms with Gasteiger partial charge in [0.15, 0.2) is 0 Å². The van der Waals surface area contributed by atoms with Crippen molar-refractivity contribution in [3.05, 3.63) is 66.2 Å². The molecule has 0 aliphatic carbocycles. The van der Waals surface area contributed by atoms with Crippen LogP contribution in [-0.2, 0) is 20.3 Å². The van der Waals surface area contributed by atoms with Crippen LogP contribution in [0.15, 0.2) is 65.6 Å². The number of carbonyl (C=O) groups excluding carboxylic acids is 1. The van der Waals surface area contributed by atoms with Crippen molar-refractivity contribution in [2.24, 2.45) is 5.92 Å². The normalized spacial score (nSPS) is 16.0. The van der Waals surface area contributed by atoms with Crippen LogP contribution in [0.1, 0.15) is 25.5 Å². The Morgan fingerprint density at radius 3 is 2.21 bits per heavy atom. The third kappa shape index (κ3) is 5.28. The molecule has 0 unspecified atom stereocenters. The van der Waals surface area contributed by atoms with E-state index in [0.29, 0.717) is 5.75 Å². The number of halogens is 1. The van der Waals surface area contributed by atoms with Crippen molar-refractivity contribution in [2.45, 2.75) is 29.7 Å².